The average Bonchev–Trinajstić information content (AvgIpc) is 2.33. The lowest BCUT2D eigenvalue weighted by molar-refractivity contribution is 0.0551. The average molecular weight is 217 g/mol. The number of hydrogen-bond donors (Lipinski definition) is 1. The van der Waals surface area contributed by atoms with Crippen LogP contribution in [0.1, 0.15) is 10.4 Å². The zero-order chi connectivity index (χ0) is 11.8. The van der Waals surface area contributed by atoms with E-state index in [1.54, 1.807) is 18.2 Å². The zero-order valence-electron chi connectivity index (χ0n) is 9.11. The van der Waals surface area contributed by atoms with Crippen LogP contribution in [0.25, 0.3) is 0 Å². The van der Waals surface area contributed by atoms with E-state index in [1.165, 1.54) is 6.08 Å². The van der Waals surface area contributed by atoms with Gasteiger partial charge in [-0.05, 0) is 12.1 Å². The highest BCUT2D eigenvalue weighted by Gasteiger charge is 2.10. The minimum Gasteiger partial charge on any atom is -0.458 e. The van der Waals surface area contributed by atoms with Gasteiger partial charge < -0.3 is 10.1 Å². The third kappa shape index (κ3) is 3.28. The summed E-state index contributed by atoms with van der Waals surface area (Å²) >= 11 is 0. The van der Waals surface area contributed by atoms with Gasteiger partial charge in [0.1, 0.15) is 6.61 Å². The lowest BCUT2D eigenvalue weighted by atomic mass is 10.2. The first-order valence-corrected chi connectivity index (χ1v) is 5.01. The highest BCUT2D eigenvalue weighted by atomic mass is 16.5. The van der Waals surface area contributed by atoms with Crippen LogP contribution < -0.4 is 5.32 Å². The molecule has 0 unspecified atom stereocenters. The van der Waals surface area contributed by atoms with Crippen molar-refractivity contribution in [2.45, 2.75) is 0 Å². The third-order valence-corrected chi connectivity index (χ3v) is 1.92. The monoisotopic (exact) mass is 217 g/mol. The molecule has 3 nitrogen and oxygen atoms in total. The first-order valence-electron chi connectivity index (χ1n) is 5.01. The van der Waals surface area contributed by atoms with Crippen molar-refractivity contribution in [3.63, 3.8) is 0 Å². The van der Waals surface area contributed by atoms with Gasteiger partial charge in [-0.25, -0.2) is 4.79 Å². The fourth-order valence-electron chi connectivity index (χ4n) is 1.21. The maximum absolute atomic E-state index is 11.7. The smallest absolute Gasteiger partial charge is 0.340 e. The van der Waals surface area contributed by atoms with Crippen molar-refractivity contribution in [2.75, 3.05) is 18.5 Å². The van der Waals surface area contributed by atoms with E-state index < -0.39 is 0 Å². The molecule has 0 amide bonds. The van der Waals surface area contributed by atoms with Crippen molar-refractivity contribution in [3.05, 3.63) is 55.1 Å². The second-order valence-electron chi connectivity index (χ2n) is 3.10. The molecule has 0 aliphatic carbocycles. The number of rotatable bonds is 6. The Bertz CT molecular complexity index is 385. The Morgan fingerprint density at radius 2 is 2.06 bits per heavy atom. The second-order valence-corrected chi connectivity index (χ2v) is 3.10. The molecule has 1 N–H and O–H groups in total. The molecule has 0 spiro atoms. The fourth-order valence-corrected chi connectivity index (χ4v) is 1.21. The van der Waals surface area contributed by atoms with Gasteiger partial charge in [-0.15, -0.1) is 6.58 Å². The minimum absolute atomic E-state index is 0.217. The van der Waals surface area contributed by atoms with Gasteiger partial charge in [0.15, 0.2) is 0 Å². The van der Waals surface area contributed by atoms with Gasteiger partial charge >= 0.3 is 5.97 Å². The Hall–Kier alpha value is -2.03. The Morgan fingerprint density at radius 1 is 1.31 bits per heavy atom. The molecule has 3 heteroatoms. The molecule has 1 aromatic rings. The first-order chi connectivity index (χ1) is 7.79. The van der Waals surface area contributed by atoms with E-state index in [1.807, 2.05) is 12.1 Å². The number of ether oxygens (including phenoxy) is 1. The minimum atomic E-state index is -0.355. The molecule has 0 fully saturated rings. The van der Waals surface area contributed by atoms with Crippen molar-refractivity contribution in [3.8, 4) is 0 Å². The molecule has 0 atom stereocenters. The molecular formula is C13H15NO2. The highest BCUT2D eigenvalue weighted by molar-refractivity contribution is 5.95. The summed E-state index contributed by atoms with van der Waals surface area (Å²) in [6, 6.07) is 7.20. The maximum Gasteiger partial charge on any atom is 0.340 e. The summed E-state index contributed by atoms with van der Waals surface area (Å²) in [5.74, 6) is -0.355. The Labute approximate surface area is 95.4 Å². The summed E-state index contributed by atoms with van der Waals surface area (Å²) in [5.41, 5.74) is 1.27. The van der Waals surface area contributed by atoms with Crippen molar-refractivity contribution >= 4 is 11.7 Å². The Balaban J connectivity index is 2.80. The van der Waals surface area contributed by atoms with Crippen molar-refractivity contribution < 1.29 is 9.53 Å². The van der Waals surface area contributed by atoms with Gasteiger partial charge in [-0.1, -0.05) is 30.9 Å². The molecular weight excluding hydrogens is 202 g/mol. The molecule has 1 aromatic carbocycles. The summed E-state index contributed by atoms with van der Waals surface area (Å²) in [7, 11) is 0. The predicted octanol–water partition coefficient (Wildman–Crippen LogP) is 2.63. The van der Waals surface area contributed by atoms with Crippen LogP contribution in [0.5, 0.6) is 0 Å². The highest BCUT2D eigenvalue weighted by Crippen LogP contribution is 2.15. The molecule has 0 aliphatic rings. The van der Waals surface area contributed by atoms with E-state index in [0.717, 1.165) is 5.69 Å². The summed E-state index contributed by atoms with van der Waals surface area (Å²) in [6.07, 6.45) is 3.27. The van der Waals surface area contributed by atoms with Crippen molar-refractivity contribution in [2.24, 2.45) is 0 Å². The van der Waals surface area contributed by atoms with E-state index in [-0.39, 0.29) is 12.6 Å². The number of benzene rings is 1. The van der Waals surface area contributed by atoms with Gasteiger partial charge in [-0.2, -0.15) is 0 Å². The first kappa shape index (κ1) is 12.0. The van der Waals surface area contributed by atoms with Crippen LogP contribution in [-0.4, -0.2) is 19.1 Å². The van der Waals surface area contributed by atoms with Crippen LogP contribution in [0.15, 0.2) is 49.6 Å². The topological polar surface area (TPSA) is 38.3 Å². The summed E-state index contributed by atoms with van der Waals surface area (Å²) in [6.45, 7) is 7.92. The summed E-state index contributed by atoms with van der Waals surface area (Å²) in [4.78, 5) is 11.7. The fraction of sp³-hybridized carbons (Fsp3) is 0.154. The van der Waals surface area contributed by atoms with Crippen molar-refractivity contribution in [1.82, 2.24) is 0 Å². The Kier molecular flexibility index (Phi) is 4.86. The SMILES string of the molecule is C=CCNc1ccccc1C(=O)OCC=C. The molecule has 16 heavy (non-hydrogen) atoms. The van der Waals surface area contributed by atoms with Crippen LogP contribution in [0.4, 0.5) is 5.69 Å². The van der Waals surface area contributed by atoms with E-state index in [0.29, 0.717) is 12.1 Å². The quantitative estimate of drug-likeness (QED) is 0.588. The second kappa shape index (κ2) is 6.45. The van der Waals surface area contributed by atoms with Crippen LogP contribution in [-0.2, 0) is 4.74 Å². The predicted molar refractivity (Wildman–Crippen MR) is 65.6 cm³/mol. The van der Waals surface area contributed by atoms with Gasteiger partial charge in [0.25, 0.3) is 0 Å². The number of carbonyl (C=O) groups excluding carboxylic acids is 1. The maximum atomic E-state index is 11.7. The number of carbonyl (C=O) groups is 1. The molecule has 0 saturated heterocycles. The van der Waals surface area contributed by atoms with Gasteiger partial charge in [0.05, 0.1) is 5.56 Å². The molecule has 0 bridgehead atoms. The normalized spacial score (nSPS) is 9.25. The zero-order valence-corrected chi connectivity index (χ0v) is 9.11. The number of nitrogens with one attached hydrogen (secondary N) is 1. The Morgan fingerprint density at radius 3 is 2.75 bits per heavy atom. The number of anilines is 1. The molecule has 84 valence electrons. The van der Waals surface area contributed by atoms with Crippen molar-refractivity contribution in [1.29, 1.82) is 0 Å². The molecule has 0 radical (unpaired) electrons. The van der Waals surface area contributed by atoms with Crippen LogP contribution in [0, 0.1) is 0 Å². The molecule has 0 aromatic heterocycles. The molecule has 0 heterocycles. The number of hydrogen-bond acceptors (Lipinski definition) is 3. The number of para-hydroxylation sites is 1. The van der Waals surface area contributed by atoms with Gasteiger partial charge in [-0.3, -0.25) is 0 Å². The van der Waals surface area contributed by atoms with E-state index >= 15 is 0 Å². The van der Waals surface area contributed by atoms with Crippen LogP contribution in [0.3, 0.4) is 0 Å². The number of esters is 1. The largest absolute Gasteiger partial charge is 0.458 e. The summed E-state index contributed by atoms with van der Waals surface area (Å²) < 4.78 is 4.98. The van der Waals surface area contributed by atoms with Gasteiger partial charge in [0.2, 0.25) is 0 Å². The lowest BCUT2D eigenvalue weighted by Crippen LogP contribution is -2.09. The lowest BCUT2D eigenvalue weighted by Gasteiger charge is -2.09. The van der Waals surface area contributed by atoms with Crippen LogP contribution >= 0.6 is 0 Å². The molecule has 0 aliphatic heterocycles. The van der Waals surface area contributed by atoms with Gasteiger partial charge in [0, 0.05) is 12.2 Å². The van der Waals surface area contributed by atoms with E-state index in [2.05, 4.69) is 18.5 Å². The van der Waals surface area contributed by atoms with E-state index in [9.17, 15) is 4.79 Å². The third-order valence-electron chi connectivity index (χ3n) is 1.92. The summed E-state index contributed by atoms with van der Waals surface area (Å²) in [5, 5.41) is 3.08. The molecule has 0 saturated carbocycles. The molecule has 1 rings (SSSR count). The van der Waals surface area contributed by atoms with Crippen LogP contribution in [0.2, 0.25) is 0 Å². The standard InChI is InChI=1S/C13H15NO2/c1-3-9-14-12-8-6-5-7-11(12)13(15)16-10-4-2/h3-8,14H,1-2,9-10H2. The van der Waals surface area contributed by atoms with E-state index in [4.69, 9.17) is 4.74 Å².